The number of hydrogen-bond donors (Lipinski definition) is 3. The zero-order chi connectivity index (χ0) is 17.7. The van der Waals surface area contributed by atoms with E-state index < -0.39 is 11.0 Å². The molecule has 1 spiro atoms. The van der Waals surface area contributed by atoms with Gasteiger partial charge in [-0.25, -0.2) is 0 Å². The summed E-state index contributed by atoms with van der Waals surface area (Å²) in [5, 5.41) is 32.6. The monoisotopic (exact) mass is 357 g/mol. The first kappa shape index (κ1) is 15.7. The molecule has 5 nitrogen and oxygen atoms in total. The van der Waals surface area contributed by atoms with Crippen LogP contribution in [-0.4, -0.2) is 57.7 Å². The SMILES string of the molecule is OCC1CC[C@@]2(O)[C@H]3Cc4ccc(O)c5c4[C@@]2(CCN3CC2CC2)C1O5. The van der Waals surface area contributed by atoms with E-state index in [9.17, 15) is 15.3 Å². The first-order chi connectivity index (χ1) is 12.6. The van der Waals surface area contributed by atoms with Crippen molar-refractivity contribution < 1.29 is 20.1 Å². The second kappa shape index (κ2) is 4.94. The fraction of sp³-hybridized carbons (Fsp3) is 0.714. The van der Waals surface area contributed by atoms with E-state index in [0.717, 1.165) is 43.8 Å². The predicted octanol–water partition coefficient (Wildman–Crippen LogP) is 1.56. The summed E-state index contributed by atoms with van der Waals surface area (Å²) >= 11 is 0. The maximum Gasteiger partial charge on any atom is 0.165 e. The summed E-state index contributed by atoms with van der Waals surface area (Å²) in [4.78, 5) is 2.53. The van der Waals surface area contributed by atoms with E-state index in [1.165, 1.54) is 18.4 Å². The van der Waals surface area contributed by atoms with E-state index in [1.807, 2.05) is 6.07 Å². The van der Waals surface area contributed by atoms with Crippen molar-refractivity contribution in [3.8, 4) is 11.5 Å². The van der Waals surface area contributed by atoms with Crippen molar-refractivity contribution in [3.05, 3.63) is 23.3 Å². The zero-order valence-corrected chi connectivity index (χ0v) is 15.0. The minimum Gasteiger partial charge on any atom is -0.504 e. The minimum atomic E-state index is -0.831. The third-order valence-electron chi connectivity index (χ3n) is 8.12. The molecular weight excluding hydrogens is 330 g/mol. The number of ether oxygens (including phenoxy) is 1. The van der Waals surface area contributed by atoms with Crippen LogP contribution < -0.4 is 4.74 Å². The van der Waals surface area contributed by atoms with Gasteiger partial charge in [-0.2, -0.15) is 0 Å². The Morgan fingerprint density at radius 3 is 2.81 bits per heavy atom. The number of benzene rings is 1. The smallest absolute Gasteiger partial charge is 0.165 e. The Kier molecular flexibility index (Phi) is 2.99. The Hall–Kier alpha value is -1.30. The second-order valence-electron chi connectivity index (χ2n) is 9.27. The Morgan fingerprint density at radius 1 is 1.19 bits per heavy atom. The van der Waals surface area contributed by atoms with Crippen molar-refractivity contribution >= 4 is 0 Å². The zero-order valence-electron chi connectivity index (χ0n) is 15.0. The average Bonchev–Trinajstić information content (AvgIpc) is 3.37. The van der Waals surface area contributed by atoms with Gasteiger partial charge in [0.2, 0.25) is 0 Å². The van der Waals surface area contributed by atoms with Crippen LogP contribution in [0.5, 0.6) is 11.5 Å². The summed E-state index contributed by atoms with van der Waals surface area (Å²) in [6.07, 6.45) is 5.55. The molecule has 2 unspecified atom stereocenters. The van der Waals surface area contributed by atoms with Crippen LogP contribution in [0.3, 0.4) is 0 Å². The fourth-order valence-corrected chi connectivity index (χ4v) is 6.77. The third kappa shape index (κ3) is 1.68. The highest BCUT2D eigenvalue weighted by Crippen LogP contribution is 2.66. The van der Waals surface area contributed by atoms with Gasteiger partial charge in [-0.1, -0.05) is 6.07 Å². The molecule has 1 aromatic carbocycles. The van der Waals surface area contributed by atoms with E-state index in [2.05, 4.69) is 4.90 Å². The van der Waals surface area contributed by atoms with Gasteiger partial charge >= 0.3 is 0 Å². The molecule has 2 saturated carbocycles. The maximum absolute atomic E-state index is 12.1. The maximum atomic E-state index is 12.1. The molecule has 3 N–H and O–H groups in total. The molecule has 2 heterocycles. The number of rotatable bonds is 3. The topological polar surface area (TPSA) is 73.2 Å². The molecule has 5 aliphatic rings. The lowest BCUT2D eigenvalue weighted by molar-refractivity contribution is -0.200. The largest absolute Gasteiger partial charge is 0.504 e. The van der Waals surface area contributed by atoms with E-state index in [1.54, 1.807) is 6.07 Å². The van der Waals surface area contributed by atoms with E-state index in [0.29, 0.717) is 12.2 Å². The molecular formula is C21H27NO4. The van der Waals surface area contributed by atoms with Crippen LogP contribution in [-0.2, 0) is 11.8 Å². The molecule has 6 rings (SSSR count). The number of nitrogens with zero attached hydrogens (tertiary/aromatic N) is 1. The van der Waals surface area contributed by atoms with Crippen molar-refractivity contribution in [2.45, 2.75) is 61.7 Å². The van der Waals surface area contributed by atoms with Crippen molar-refractivity contribution in [1.82, 2.24) is 4.90 Å². The summed E-state index contributed by atoms with van der Waals surface area (Å²) < 4.78 is 6.32. The lowest BCUT2D eigenvalue weighted by Gasteiger charge is -2.64. The van der Waals surface area contributed by atoms with Gasteiger partial charge in [0.1, 0.15) is 6.10 Å². The molecule has 0 radical (unpaired) electrons. The highest BCUT2D eigenvalue weighted by molar-refractivity contribution is 5.62. The number of aliphatic hydroxyl groups excluding tert-OH is 1. The van der Waals surface area contributed by atoms with Gasteiger partial charge in [0.05, 0.1) is 11.0 Å². The molecule has 3 aliphatic carbocycles. The Labute approximate surface area is 153 Å². The van der Waals surface area contributed by atoms with Gasteiger partial charge in [0.15, 0.2) is 11.5 Å². The summed E-state index contributed by atoms with van der Waals surface area (Å²) in [7, 11) is 0. The molecule has 140 valence electrons. The number of aromatic hydroxyl groups is 1. The molecule has 0 amide bonds. The van der Waals surface area contributed by atoms with Crippen LogP contribution in [0.4, 0.5) is 0 Å². The van der Waals surface area contributed by atoms with Crippen molar-refractivity contribution in [1.29, 1.82) is 0 Å². The second-order valence-corrected chi connectivity index (χ2v) is 9.27. The number of aliphatic hydroxyl groups is 2. The van der Waals surface area contributed by atoms with Gasteiger partial charge in [-0.3, -0.25) is 4.90 Å². The molecule has 2 bridgehead atoms. The number of phenolic OH excluding ortho intramolecular Hbond substituents is 1. The Morgan fingerprint density at radius 2 is 2.04 bits per heavy atom. The summed E-state index contributed by atoms with van der Waals surface area (Å²) in [6.45, 7) is 2.14. The van der Waals surface area contributed by atoms with Gasteiger partial charge < -0.3 is 20.1 Å². The van der Waals surface area contributed by atoms with Crippen LogP contribution in [0.2, 0.25) is 0 Å². The van der Waals surface area contributed by atoms with Crippen molar-refractivity contribution in [2.75, 3.05) is 19.7 Å². The van der Waals surface area contributed by atoms with E-state index in [-0.39, 0.29) is 30.4 Å². The minimum absolute atomic E-state index is 0.0173. The number of hydrogen-bond acceptors (Lipinski definition) is 5. The highest BCUT2D eigenvalue weighted by Gasteiger charge is 2.72. The number of phenols is 1. The van der Waals surface area contributed by atoms with Crippen LogP contribution in [0, 0.1) is 11.8 Å². The van der Waals surface area contributed by atoms with Gasteiger partial charge in [0.25, 0.3) is 0 Å². The quantitative estimate of drug-likeness (QED) is 0.766. The first-order valence-corrected chi connectivity index (χ1v) is 10.2. The first-order valence-electron chi connectivity index (χ1n) is 10.2. The molecule has 0 aromatic heterocycles. The Bertz CT molecular complexity index is 778. The molecule has 5 atom stereocenters. The number of piperidine rings is 1. The molecule has 5 heteroatoms. The van der Waals surface area contributed by atoms with Gasteiger partial charge in [-0.05, 0) is 62.6 Å². The predicted molar refractivity (Wildman–Crippen MR) is 95.4 cm³/mol. The lowest BCUT2D eigenvalue weighted by Crippen LogP contribution is -2.76. The normalized spacial score (nSPS) is 43.1. The molecule has 3 fully saturated rings. The van der Waals surface area contributed by atoms with E-state index >= 15 is 0 Å². The standard InChI is InChI=1S/C21H27NO4/c23-11-14-5-6-21(25)16-9-13-3-4-15(24)18-17(13)20(21,19(14)26-18)7-8-22(16)10-12-1-2-12/h3-4,12,14,16,19,23-25H,1-2,5-11H2/t14?,16-,19?,20+,21-/m1/s1. The molecule has 26 heavy (non-hydrogen) atoms. The molecule has 1 saturated heterocycles. The van der Waals surface area contributed by atoms with E-state index in [4.69, 9.17) is 4.74 Å². The van der Waals surface area contributed by atoms with Crippen molar-refractivity contribution in [2.24, 2.45) is 11.8 Å². The van der Waals surface area contributed by atoms with Crippen LogP contribution in [0.25, 0.3) is 0 Å². The lowest BCUT2D eigenvalue weighted by atomic mass is 9.47. The molecule has 1 aromatic rings. The average molecular weight is 357 g/mol. The van der Waals surface area contributed by atoms with Crippen LogP contribution in [0.1, 0.15) is 43.2 Å². The summed E-state index contributed by atoms with van der Waals surface area (Å²) in [5.41, 5.74) is 0.951. The summed E-state index contributed by atoms with van der Waals surface area (Å²) in [6, 6.07) is 3.88. The van der Waals surface area contributed by atoms with Crippen LogP contribution in [0.15, 0.2) is 12.1 Å². The highest BCUT2D eigenvalue weighted by atomic mass is 16.5. The summed E-state index contributed by atoms with van der Waals surface area (Å²) in [5.74, 6) is 1.56. The molecule has 2 aliphatic heterocycles. The van der Waals surface area contributed by atoms with Gasteiger partial charge in [0, 0.05) is 30.7 Å². The van der Waals surface area contributed by atoms with Gasteiger partial charge in [-0.15, -0.1) is 0 Å². The number of likely N-dealkylation sites (tertiary alicyclic amines) is 1. The Balaban J connectivity index is 1.55. The fourth-order valence-electron chi connectivity index (χ4n) is 6.77. The third-order valence-corrected chi connectivity index (χ3v) is 8.12. The van der Waals surface area contributed by atoms with Crippen LogP contribution >= 0.6 is 0 Å². The van der Waals surface area contributed by atoms with Crippen molar-refractivity contribution in [3.63, 3.8) is 0 Å².